The van der Waals surface area contributed by atoms with E-state index in [0.29, 0.717) is 5.92 Å². The Balaban J connectivity index is 0.00000400. The number of halogens is 1. The van der Waals surface area contributed by atoms with E-state index in [1.165, 1.54) is 4.88 Å². The molecule has 4 nitrogen and oxygen atoms in total. The lowest BCUT2D eigenvalue weighted by molar-refractivity contribution is 0.195. The Kier molecular flexibility index (Phi) is 13.1. The second kappa shape index (κ2) is 13.3. The van der Waals surface area contributed by atoms with Crippen molar-refractivity contribution in [3.8, 4) is 0 Å². The second-order valence-electron chi connectivity index (χ2n) is 4.88. The van der Waals surface area contributed by atoms with Crippen molar-refractivity contribution in [3.63, 3.8) is 0 Å². The number of ether oxygens (including phenoxy) is 1. The Hall–Kier alpha value is -0.340. The zero-order chi connectivity index (χ0) is 14.6. The molecule has 0 radical (unpaired) electrons. The molecule has 122 valence electrons. The molecule has 0 aliphatic heterocycles. The summed E-state index contributed by atoms with van der Waals surface area (Å²) >= 11 is 1.82. The van der Waals surface area contributed by atoms with Gasteiger partial charge in [-0.1, -0.05) is 13.0 Å². The Morgan fingerprint density at radius 2 is 2.24 bits per heavy atom. The third-order valence-corrected chi connectivity index (χ3v) is 3.75. The van der Waals surface area contributed by atoms with Crippen LogP contribution in [0.15, 0.2) is 22.5 Å². The van der Waals surface area contributed by atoms with E-state index in [1.807, 2.05) is 11.3 Å². The largest absolute Gasteiger partial charge is 0.385 e. The van der Waals surface area contributed by atoms with Crippen molar-refractivity contribution in [1.29, 1.82) is 0 Å². The highest BCUT2D eigenvalue weighted by Gasteiger charge is 2.05. The number of nitrogens with one attached hydrogen (secondary N) is 2. The molecular formula is C15H28IN3OS. The molecule has 1 unspecified atom stereocenters. The summed E-state index contributed by atoms with van der Waals surface area (Å²) in [6.45, 7) is 7.73. The average Bonchev–Trinajstić information content (AvgIpc) is 2.93. The van der Waals surface area contributed by atoms with Crippen LogP contribution in [-0.2, 0) is 11.2 Å². The van der Waals surface area contributed by atoms with Crippen molar-refractivity contribution >= 4 is 41.3 Å². The van der Waals surface area contributed by atoms with E-state index >= 15 is 0 Å². The fraction of sp³-hybridized carbons (Fsp3) is 0.667. The molecule has 1 aromatic heterocycles. The summed E-state index contributed by atoms with van der Waals surface area (Å²) in [7, 11) is 1.73. The van der Waals surface area contributed by atoms with Gasteiger partial charge in [-0.25, -0.2) is 0 Å². The van der Waals surface area contributed by atoms with Crippen LogP contribution in [-0.4, -0.2) is 39.3 Å². The van der Waals surface area contributed by atoms with Crippen molar-refractivity contribution < 1.29 is 4.74 Å². The lowest BCUT2D eigenvalue weighted by Crippen LogP contribution is -2.38. The van der Waals surface area contributed by atoms with Crippen LogP contribution < -0.4 is 10.6 Å². The molecule has 0 amide bonds. The monoisotopic (exact) mass is 425 g/mol. The van der Waals surface area contributed by atoms with E-state index in [1.54, 1.807) is 7.11 Å². The third-order valence-electron chi connectivity index (χ3n) is 2.85. The molecule has 0 spiro atoms. The lowest BCUT2D eigenvalue weighted by Gasteiger charge is -2.13. The first kappa shape index (κ1) is 20.7. The van der Waals surface area contributed by atoms with Gasteiger partial charge in [0, 0.05) is 38.2 Å². The fourth-order valence-corrected chi connectivity index (χ4v) is 2.72. The summed E-state index contributed by atoms with van der Waals surface area (Å²) in [5, 5.41) is 8.74. The Labute approximate surface area is 149 Å². The first-order valence-corrected chi connectivity index (χ1v) is 8.17. The number of rotatable bonds is 9. The van der Waals surface area contributed by atoms with E-state index < -0.39 is 0 Å². The van der Waals surface area contributed by atoms with Crippen LogP contribution in [0.5, 0.6) is 0 Å². The molecule has 0 aliphatic rings. The maximum absolute atomic E-state index is 5.04. The lowest BCUT2D eigenvalue weighted by atomic mass is 10.1. The van der Waals surface area contributed by atoms with Gasteiger partial charge in [0.25, 0.3) is 0 Å². The van der Waals surface area contributed by atoms with Gasteiger partial charge in [0.15, 0.2) is 5.96 Å². The normalized spacial score (nSPS) is 12.6. The van der Waals surface area contributed by atoms with Crippen LogP contribution in [0.3, 0.4) is 0 Å². The molecule has 21 heavy (non-hydrogen) atoms. The van der Waals surface area contributed by atoms with Gasteiger partial charge in [-0.2, -0.15) is 0 Å². The third kappa shape index (κ3) is 10.1. The molecule has 1 heterocycles. The molecular weight excluding hydrogens is 397 g/mol. The summed E-state index contributed by atoms with van der Waals surface area (Å²) in [6, 6.07) is 4.30. The van der Waals surface area contributed by atoms with Gasteiger partial charge in [-0.05, 0) is 37.1 Å². The maximum Gasteiger partial charge on any atom is 0.191 e. The van der Waals surface area contributed by atoms with E-state index in [-0.39, 0.29) is 24.0 Å². The van der Waals surface area contributed by atoms with Crippen molar-refractivity contribution in [2.45, 2.75) is 26.7 Å². The molecule has 0 aromatic carbocycles. The fourth-order valence-electron chi connectivity index (χ4n) is 1.85. The van der Waals surface area contributed by atoms with Crippen molar-refractivity contribution in [3.05, 3.63) is 22.4 Å². The van der Waals surface area contributed by atoms with E-state index in [0.717, 1.165) is 45.0 Å². The highest BCUT2D eigenvalue weighted by atomic mass is 127. The van der Waals surface area contributed by atoms with Crippen LogP contribution in [0.2, 0.25) is 0 Å². The first-order valence-electron chi connectivity index (χ1n) is 7.29. The predicted molar refractivity (Wildman–Crippen MR) is 103 cm³/mol. The summed E-state index contributed by atoms with van der Waals surface area (Å²) in [5.74, 6) is 1.46. The predicted octanol–water partition coefficient (Wildman–Crippen LogP) is 3.14. The number of methoxy groups -OCH3 is 1. The number of guanidine groups is 1. The van der Waals surface area contributed by atoms with Gasteiger partial charge < -0.3 is 15.4 Å². The summed E-state index contributed by atoms with van der Waals surface area (Å²) in [4.78, 5) is 6.09. The summed E-state index contributed by atoms with van der Waals surface area (Å²) < 4.78 is 5.04. The Bertz CT molecular complexity index is 371. The van der Waals surface area contributed by atoms with Crippen LogP contribution in [0, 0.1) is 5.92 Å². The summed E-state index contributed by atoms with van der Waals surface area (Å²) in [6.07, 6.45) is 2.09. The molecule has 0 aliphatic carbocycles. The quantitative estimate of drug-likeness (QED) is 0.277. The van der Waals surface area contributed by atoms with Gasteiger partial charge in [-0.3, -0.25) is 4.99 Å². The minimum Gasteiger partial charge on any atom is -0.385 e. The molecule has 1 atom stereocenters. The smallest absolute Gasteiger partial charge is 0.191 e. The zero-order valence-corrected chi connectivity index (χ0v) is 16.4. The highest BCUT2D eigenvalue weighted by Crippen LogP contribution is 2.14. The highest BCUT2D eigenvalue weighted by molar-refractivity contribution is 14.0. The molecule has 0 bridgehead atoms. The van der Waals surface area contributed by atoms with Gasteiger partial charge in [0.05, 0.1) is 0 Å². The van der Waals surface area contributed by atoms with Crippen LogP contribution in [0.4, 0.5) is 0 Å². The van der Waals surface area contributed by atoms with E-state index in [2.05, 4.69) is 47.0 Å². The molecule has 2 N–H and O–H groups in total. The van der Waals surface area contributed by atoms with Crippen molar-refractivity contribution in [1.82, 2.24) is 10.6 Å². The molecule has 1 aromatic rings. The molecule has 1 rings (SSSR count). The van der Waals surface area contributed by atoms with Gasteiger partial charge in [-0.15, -0.1) is 35.3 Å². The van der Waals surface area contributed by atoms with Crippen molar-refractivity contribution in [2.24, 2.45) is 10.9 Å². The number of hydrogen-bond donors (Lipinski definition) is 2. The number of thiophene rings is 1. The number of nitrogens with zero attached hydrogens (tertiary/aromatic N) is 1. The number of aliphatic imine (C=N–C) groups is 1. The Morgan fingerprint density at radius 3 is 2.86 bits per heavy atom. The van der Waals surface area contributed by atoms with Crippen molar-refractivity contribution in [2.75, 3.05) is 33.4 Å². The molecule has 6 heteroatoms. The second-order valence-corrected chi connectivity index (χ2v) is 5.91. The first-order chi connectivity index (χ1) is 9.76. The average molecular weight is 425 g/mol. The zero-order valence-electron chi connectivity index (χ0n) is 13.2. The van der Waals surface area contributed by atoms with Crippen LogP contribution >= 0.6 is 35.3 Å². The van der Waals surface area contributed by atoms with Gasteiger partial charge in [0.1, 0.15) is 0 Å². The minimum atomic E-state index is 0. The van der Waals surface area contributed by atoms with Crippen LogP contribution in [0.25, 0.3) is 0 Å². The Morgan fingerprint density at radius 1 is 1.43 bits per heavy atom. The van der Waals surface area contributed by atoms with E-state index in [9.17, 15) is 0 Å². The standard InChI is InChI=1S/C15H27N3OS.HI/c1-4-16-15(17-8-6-9-19-3)18-12-13(2)11-14-7-5-10-20-14;/h5,7,10,13H,4,6,8-9,11-12H2,1-3H3,(H2,16,17,18);1H. The summed E-state index contributed by atoms with van der Waals surface area (Å²) in [5.41, 5.74) is 0. The topological polar surface area (TPSA) is 45.7 Å². The molecule has 0 saturated heterocycles. The molecule has 0 fully saturated rings. The maximum atomic E-state index is 5.04. The molecule has 0 saturated carbocycles. The van der Waals surface area contributed by atoms with Gasteiger partial charge in [0.2, 0.25) is 0 Å². The van der Waals surface area contributed by atoms with Gasteiger partial charge >= 0.3 is 0 Å². The van der Waals surface area contributed by atoms with Crippen LogP contribution in [0.1, 0.15) is 25.1 Å². The minimum absolute atomic E-state index is 0. The van der Waals surface area contributed by atoms with E-state index in [4.69, 9.17) is 4.74 Å². The number of hydrogen-bond acceptors (Lipinski definition) is 3. The SMILES string of the molecule is CCNC(=NCC(C)Cc1cccs1)NCCCOC.I.